The first-order valence-electron chi connectivity index (χ1n) is 10.4. The van der Waals surface area contributed by atoms with E-state index in [-0.39, 0.29) is 19.1 Å². The maximum absolute atomic E-state index is 12.6. The summed E-state index contributed by atoms with van der Waals surface area (Å²) >= 11 is 13.1. The summed E-state index contributed by atoms with van der Waals surface area (Å²) in [5, 5.41) is 14.1. The van der Waals surface area contributed by atoms with E-state index in [9.17, 15) is 19.5 Å². The van der Waals surface area contributed by atoms with Crippen LogP contribution in [0.25, 0.3) is 11.1 Å². The van der Waals surface area contributed by atoms with Crippen molar-refractivity contribution < 1.29 is 24.2 Å². The van der Waals surface area contributed by atoms with Gasteiger partial charge in [-0.3, -0.25) is 9.59 Å². The van der Waals surface area contributed by atoms with Gasteiger partial charge in [-0.15, -0.1) is 11.3 Å². The third-order valence-electron chi connectivity index (χ3n) is 5.51. The second-order valence-electron chi connectivity index (χ2n) is 7.69. The van der Waals surface area contributed by atoms with E-state index >= 15 is 0 Å². The molecule has 0 saturated heterocycles. The van der Waals surface area contributed by atoms with Crippen LogP contribution in [-0.2, 0) is 20.9 Å². The number of nitrogens with one attached hydrogen (secondary N) is 2. The fourth-order valence-electron chi connectivity index (χ4n) is 3.97. The van der Waals surface area contributed by atoms with Crippen molar-refractivity contribution in [3.05, 3.63) is 80.0 Å². The van der Waals surface area contributed by atoms with E-state index in [1.54, 1.807) is 6.07 Å². The Morgan fingerprint density at radius 1 is 1.03 bits per heavy atom. The molecule has 7 nitrogen and oxygen atoms in total. The molecule has 176 valence electrons. The Hall–Kier alpha value is -3.07. The summed E-state index contributed by atoms with van der Waals surface area (Å²) in [5.41, 5.74) is 4.86. The zero-order valence-corrected chi connectivity index (χ0v) is 20.0. The van der Waals surface area contributed by atoms with Gasteiger partial charge >= 0.3 is 12.1 Å². The molecule has 34 heavy (non-hydrogen) atoms. The Labute approximate surface area is 209 Å². The molecule has 0 aliphatic heterocycles. The van der Waals surface area contributed by atoms with E-state index in [1.165, 1.54) is 0 Å². The lowest BCUT2D eigenvalue weighted by Crippen LogP contribution is -2.48. The normalized spacial score (nSPS) is 13.0. The molecule has 2 amide bonds. The van der Waals surface area contributed by atoms with E-state index in [0.29, 0.717) is 14.2 Å². The molecule has 1 unspecified atom stereocenters. The number of carboxylic acid groups (broad SMARTS) is 1. The van der Waals surface area contributed by atoms with Crippen molar-refractivity contribution in [1.29, 1.82) is 0 Å². The molecule has 10 heteroatoms. The second-order valence-corrected chi connectivity index (χ2v) is 9.97. The van der Waals surface area contributed by atoms with Crippen molar-refractivity contribution in [2.75, 3.05) is 6.61 Å². The quantitative estimate of drug-likeness (QED) is 0.386. The molecule has 0 saturated carbocycles. The third kappa shape index (κ3) is 5.35. The topological polar surface area (TPSA) is 105 Å². The fraction of sp³-hybridized carbons (Fsp3) is 0.208. The van der Waals surface area contributed by atoms with E-state index < -0.39 is 30.4 Å². The zero-order chi connectivity index (χ0) is 24.2. The van der Waals surface area contributed by atoms with Crippen molar-refractivity contribution >= 4 is 52.5 Å². The molecule has 0 spiro atoms. The van der Waals surface area contributed by atoms with Crippen molar-refractivity contribution in [2.45, 2.75) is 24.9 Å². The molecule has 1 atom stereocenters. The Morgan fingerprint density at radius 2 is 1.65 bits per heavy atom. The van der Waals surface area contributed by atoms with Gasteiger partial charge in [-0.1, -0.05) is 71.7 Å². The van der Waals surface area contributed by atoms with Crippen LogP contribution in [0.4, 0.5) is 4.79 Å². The van der Waals surface area contributed by atoms with Gasteiger partial charge in [0.2, 0.25) is 5.91 Å². The maximum Gasteiger partial charge on any atom is 0.407 e. The zero-order valence-electron chi connectivity index (χ0n) is 17.7. The number of amides is 2. The Balaban J connectivity index is 1.39. The summed E-state index contributed by atoms with van der Waals surface area (Å²) in [6.07, 6.45) is -1.48. The van der Waals surface area contributed by atoms with Crippen LogP contribution < -0.4 is 10.6 Å². The van der Waals surface area contributed by atoms with Gasteiger partial charge < -0.3 is 20.5 Å². The van der Waals surface area contributed by atoms with Crippen molar-refractivity contribution in [2.24, 2.45) is 0 Å². The number of alkyl carbamates (subject to hydrolysis) is 1. The number of fused-ring (bicyclic) bond motifs is 3. The van der Waals surface area contributed by atoms with E-state index in [2.05, 4.69) is 10.6 Å². The van der Waals surface area contributed by atoms with Crippen LogP contribution in [-0.4, -0.2) is 35.7 Å². The standard InChI is InChI=1S/C24H20Cl2N2O5S/c25-20-9-13(22(26)34-20)11-27-23(31)19(10-21(29)30)28-24(32)33-12-18-16-7-3-1-5-14(16)15-6-2-4-8-17(15)18/h1-9,18-19H,10-12H2,(H,27,31)(H,28,32)(H,29,30). The number of thiophene rings is 1. The van der Waals surface area contributed by atoms with Crippen LogP contribution in [0.15, 0.2) is 54.6 Å². The number of rotatable bonds is 8. The van der Waals surface area contributed by atoms with Gasteiger partial charge in [0.1, 0.15) is 12.6 Å². The Bertz CT molecular complexity index is 1200. The highest BCUT2D eigenvalue weighted by Gasteiger charge is 2.30. The van der Waals surface area contributed by atoms with Gasteiger partial charge in [0, 0.05) is 18.0 Å². The van der Waals surface area contributed by atoms with Gasteiger partial charge in [0.15, 0.2) is 0 Å². The predicted molar refractivity (Wildman–Crippen MR) is 130 cm³/mol. The van der Waals surface area contributed by atoms with Gasteiger partial charge in [-0.05, 0) is 28.3 Å². The number of hydrogen-bond donors (Lipinski definition) is 3. The summed E-state index contributed by atoms with van der Waals surface area (Å²) in [6.45, 7) is 0.0909. The average molecular weight is 519 g/mol. The average Bonchev–Trinajstić information content (AvgIpc) is 3.31. The highest BCUT2D eigenvalue weighted by Crippen LogP contribution is 2.44. The largest absolute Gasteiger partial charge is 0.481 e. The van der Waals surface area contributed by atoms with Crippen molar-refractivity contribution in [3.8, 4) is 11.1 Å². The highest BCUT2D eigenvalue weighted by molar-refractivity contribution is 7.20. The summed E-state index contributed by atoms with van der Waals surface area (Å²) in [4.78, 5) is 36.3. The molecular formula is C24H20Cl2N2O5S. The smallest absolute Gasteiger partial charge is 0.407 e. The molecule has 1 aromatic heterocycles. The molecule has 1 aliphatic rings. The molecule has 1 heterocycles. The van der Waals surface area contributed by atoms with Crippen molar-refractivity contribution in [1.82, 2.24) is 10.6 Å². The van der Waals surface area contributed by atoms with Crippen LogP contribution in [0.2, 0.25) is 8.67 Å². The number of hydrogen-bond acceptors (Lipinski definition) is 5. The van der Waals surface area contributed by atoms with Crippen LogP contribution >= 0.6 is 34.5 Å². The molecule has 0 bridgehead atoms. The fourth-order valence-corrected chi connectivity index (χ4v) is 5.45. The number of carbonyl (C=O) groups excluding carboxylic acids is 2. The van der Waals surface area contributed by atoms with Gasteiger partial charge in [0.05, 0.1) is 15.1 Å². The van der Waals surface area contributed by atoms with Crippen LogP contribution in [0.1, 0.15) is 29.0 Å². The number of benzene rings is 2. The molecule has 3 N–H and O–H groups in total. The minimum absolute atomic E-state index is 0.0450. The van der Waals surface area contributed by atoms with Crippen LogP contribution in [0.3, 0.4) is 0 Å². The molecule has 1 aliphatic carbocycles. The highest BCUT2D eigenvalue weighted by atomic mass is 35.5. The molecule has 3 aromatic rings. The first-order chi connectivity index (χ1) is 16.3. The van der Waals surface area contributed by atoms with E-state index in [4.69, 9.17) is 27.9 Å². The lowest BCUT2D eigenvalue weighted by atomic mass is 9.98. The summed E-state index contributed by atoms with van der Waals surface area (Å²) in [7, 11) is 0. The van der Waals surface area contributed by atoms with E-state index in [0.717, 1.165) is 33.6 Å². The van der Waals surface area contributed by atoms with Gasteiger partial charge in [-0.2, -0.15) is 0 Å². The summed E-state index contributed by atoms with van der Waals surface area (Å²) < 4.78 is 6.31. The minimum Gasteiger partial charge on any atom is -0.481 e. The third-order valence-corrected chi connectivity index (χ3v) is 7.08. The van der Waals surface area contributed by atoms with Crippen molar-refractivity contribution in [3.63, 3.8) is 0 Å². The van der Waals surface area contributed by atoms with Gasteiger partial charge in [0.25, 0.3) is 0 Å². The number of halogens is 2. The van der Waals surface area contributed by atoms with Crippen LogP contribution in [0, 0.1) is 0 Å². The number of aliphatic carboxylic acids is 1. The lowest BCUT2D eigenvalue weighted by Gasteiger charge is -2.18. The minimum atomic E-state index is -1.32. The Kier molecular flexibility index (Phi) is 7.41. The van der Waals surface area contributed by atoms with Crippen LogP contribution in [0.5, 0.6) is 0 Å². The molecule has 2 aromatic carbocycles. The SMILES string of the molecule is O=C(O)CC(NC(=O)OCC1c2ccccc2-c2ccccc21)C(=O)NCc1cc(Cl)sc1Cl. The first-order valence-corrected chi connectivity index (χ1v) is 12.0. The molecular weight excluding hydrogens is 499 g/mol. The van der Waals surface area contributed by atoms with E-state index in [1.807, 2.05) is 48.5 Å². The first kappa shape index (κ1) is 24.1. The predicted octanol–water partition coefficient (Wildman–Crippen LogP) is 5.05. The molecule has 4 rings (SSSR count). The maximum atomic E-state index is 12.6. The monoisotopic (exact) mass is 518 g/mol. The summed E-state index contributed by atoms with van der Waals surface area (Å²) in [6, 6.07) is 16.1. The second kappa shape index (κ2) is 10.5. The molecule has 0 fully saturated rings. The van der Waals surface area contributed by atoms with Gasteiger partial charge in [-0.25, -0.2) is 4.79 Å². The number of carbonyl (C=O) groups is 3. The number of carboxylic acids is 1. The number of ether oxygens (including phenoxy) is 1. The molecule has 0 radical (unpaired) electrons. The Morgan fingerprint density at radius 3 is 2.21 bits per heavy atom. The summed E-state index contributed by atoms with van der Waals surface area (Å²) in [5.74, 6) is -2.07. The lowest BCUT2D eigenvalue weighted by molar-refractivity contribution is -0.139.